The zero-order chi connectivity index (χ0) is 19.4. The van der Waals surface area contributed by atoms with Crippen molar-refractivity contribution in [1.29, 1.82) is 0 Å². The lowest BCUT2D eigenvalue weighted by atomic mass is 10.2. The van der Waals surface area contributed by atoms with Crippen molar-refractivity contribution >= 4 is 40.1 Å². The van der Waals surface area contributed by atoms with E-state index in [0.717, 1.165) is 29.8 Å². The zero-order valence-electron chi connectivity index (χ0n) is 15.6. The van der Waals surface area contributed by atoms with Crippen molar-refractivity contribution in [2.45, 2.75) is 33.7 Å². The molecule has 2 heterocycles. The average Bonchev–Trinajstić information content (AvgIpc) is 3.21. The molecular formula is C21H22ClN3OS. The quantitative estimate of drug-likeness (QED) is 0.521. The van der Waals surface area contributed by atoms with Gasteiger partial charge in [0.1, 0.15) is 0 Å². The van der Waals surface area contributed by atoms with Crippen LogP contribution < -0.4 is 5.32 Å². The van der Waals surface area contributed by atoms with Crippen molar-refractivity contribution in [2.24, 2.45) is 0 Å². The Balaban J connectivity index is 1.70. The van der Waals surface area contributed by atoms with E-state index in [1.54, 1.807) is 18.2 Å². The third-order valence-electron chi connectivity index (χ3n) is 4.33. The van der Waals surface area contributed by atoms with E-state index >= 15 is 0 Å². The second kappa shape index (κ2) is 8.55. The number of anilines is 1. The van der Waals surface area contributed by atoms with E-state index in [2.05, 4.69) is 41.7 Å². The van der Waals surface area contributed by atoms with Crippen LogP contribution >= 0.6 is 22.9 Å². The van der Waals surface area contributed by atoms with Crippen LogP contribution in [0.1, 0.15) is 30.3 Å². The van der Waals surface area contributed by atoms with Gasteiger partial charge in [-0.2, -0.15) is 0 Å². The molecule has 0 bridgehead atoms. The van der Waals surface area contributed by atoms with Gasteiger partial charge in [-0.25, -0.2) is 4.98 Å². The first kappa shape index (κ1) is 19.4. The van der Waals surface area contributed by atoms with Gasteiger partial charge in [-0.3, -0.25) is 10.1 Å². The maximum absolute atomic E-state index is 12.1. The predicted molar refractivity (Wildman–Crippen MR) is 114 cm³/mol. The molecule has 0 atom stereocenters. The van der Waals surface area contributed by atoms with E-state index in [1.807, 2.05) is 17.5 Å². The van der Waals surface area contributed by atoms with Crippen LogP contribution in [0.15, 0.2) is 41.8 Å². The van der Waals surface area contributed by atoms with Gasteiger partial charge < -0.3 is 4.57 Å². The summed E-state index contributed by atoms with van der Waals surface area (Å²) in [5, 5.41) is 6.08. The highest BCUT2D eigenvalue weighted by atomic mass is 35.5. The number of amides is 1. The predicted octanol–water partition coefficient (Wildman–Crippen LogP) is 5.94. The number of carbonyl (C=O) groups excluding carboxylic acids is 1. The Kier molecular flexibility index (Phi) is 6.14. The minimum absolute atomic E-state index is 0.206. The largest absolute Gasteiger partial charge is 0.348 e. The fraction of sp³-hybridized carbons (Fsp3) is 0.238. The van der Waals surface area contributed by atoms with Gasteiger partial charge in [0.25, 0.3) is 0 Å². The number of carbonyl (C=O) groups is 1. The summed E-state index contributed by atoms with van der Waals surface area (Å²) in [5.41, 5.74) is 5.37. The SMILES string of the molecule is CCCn1c(C)cc(-c2csc(NC(=O)C=Cc3ccc(Cl)cc3)n2)c1C. The number of benzene rings is 1. The monoisotopic (exact) mass is 399 g/mol. The van der Waals surface area contributed by atoms with Crippen LogP contribution in [0, 0.1) is 13.8 Å². The van der Waals surface area contributed by atoms with E-state index in [0.29, 0.717) is 10.2 Å². The van der Waals surface area contributed by atoms with E-state index in [1.165, 1.54) is 28.8 Å². The van der Waals surface area contributed by atoms with Gasteiger partial charge in [0.15, 0.2) is 5.13 Å². The lowest BCUT2D eigenvalue weighted by molar-refractivity contribution is -0.111. The molecule has 0 aliphatic heterocycles. The van der Waals surface area contributed by atoms with Crippen molar-refractivity contribution in [1.82, 2.24) is 9.55 Å². The Bertz CT molecular complexity index is 970. The Morgan fingerprint density at radius 1 is 1.30 bits per heavy atom. The fourth-order valence-corrected chi connectivity index (χ4v) is 3.82. The summed E-state index contributed by atoms with van der Waals surface area (Å²) >= 11 is 7.29. The number of nitrogens with zero attached hydrogens (tertiary/aromatic N) is 2. The van der Waals surface area contributed by atoms with Crippen LogP contribution in [0.4, 0.5) is 5.13 Å². The van der Waals surface area contributed by atoms with Gasteiger partial charge in [-0.1, -0.05) is 30.7 Å². The summed E-state index contributed by atoms with van der Waals surface area (Å²) < 4.78 is 2.31. The van der Waals surface area contributed by atoms with Crippen LogP contribution in [0.25, 0.3) is 17.3 Å². The van der Waals surface area contributed by atoms with Crippen LogP contribution in [-0.2, 0) is 11.3 Å². The second-order valence-electron chi connectivity index (χ2n) is 6.35. The topological polar surface area (TPSA) is 46.9 Å². The number of nitrogens with one attached hydrogen (secondary N) is 1. The lowest BCUT2D eigenvalue weighted by Crippen LogP contribution is -2.07. The molecular weight excluding hydrogens is 378 g/mol. The summed E-state index contributed by atoms with van der Waals surface area (Å²) in [4.78, 5) is 16.7. The number of aromatic nitrogens is 2. The van der Waals surface area contributed by atoms with Crippen molar-refractivity contribution in [3.05, 3.63) is 63.8 Å². The minimum atomic E-state index is -0.206. The molecule has 1 aromatic carbocycles. The maximum atomic E-state index is 12.1. The Hall–Kier alpha value is -2.37. The molecule has 4 nitrogen and oxygen atoms in total. The number of hydrogen-bond acceptors (Lipinski definition) is 3. The highest BCUT2D eigenvalue weighted by Crippen LogP contribution is 2.30. The molecule has 0 aliphatic carbocycles. The van der Waals surface area contributed by atoms with Crippen LogP contribution in [0.3, 0.4) is 0 Å². The number of thiazole rings is 1. The number of hydrogen-bond donors (Lipinski definition) is 1. The average molecular weight is 400 g/mol. The van der Waals surface area contributed by atoms with E-state index in [9.17, 15) is 4.79 Å². The first-order chi connectivity index (χ1) is 13.0. The molecule has 3 rings (SSSR count). The Labute approximate surface area is 168 Å². The van der Waals surface area contributed by atoms with Crippen LogP contribution in [0.2, 0.25) is 5.02 Å². The number of aryl methyl sites for hydroxylation is 1. The molecule has 0 spiro atoms. The summed E-state index contributed by atoms with van der Waals surface area (Å²) in [5.74, 6) is -0.206. The lowest BCUT2D eigenvalue weighted by Gasteiger charge is -2.07. The van der Waals surface area contributed by atoms with Crippen molar-refractivity contribution in [3.63, 3.8) is 0 Å². The highest BCUT2D eigenvalue weighted by Gasteiger charge is 2.13. The third-order valence-corrected chi connectivity index (χ3v) is 5.34. The third kappa shape index (κ3) is 4.67. The van der Waals surface area contributed by atoms with Crippen LogP contribution in [-0.4, -0.2) is 15.5 Å². The number of rotatable bonds is 6. The van der Waals surface area contributed by atoms with E-state index in [4.69, 9.17) is 11.6 Å². The molecule has 0 fully saturated rings. The van der Waals surface area contributed by atoms with Crippen molar-refractivity contribution in [2.75, 3.05) is 5.32 Å². The van der Waals surface area contributed by atoms with Gasteiger partial charge in [0.2, 0.25) is 5.91 Å². The highest BCUT2D eigenvalue weighted by molar-refractivity contribution is 7.14. The van der Waals surface area contributed by atoms with Crippen molar-refractivity contribution < 1.29 is 4.79 Å². The molecule has 0 radical (unpaired) electrons. The Morgan fingerprint density at radius 3 is 2.74 bits per heavy atom. The molecule has 1 N–H and O–H groups in total. The smallest absolute Gasteiger partial charge is 0.250 e. The molecule has 0 saturated carbocycles. The van der Waals surface area contributed by atoms with Crippen LogP contribution in [0.5, 0.6) is 0 Å². The maximum Gasteiger partial charge on any atom is 0.250 e. The van der Waals surface area contributed by atoms with Gasteiger partial charge in [-0.15, -0.1) is 11.3 Å². The summed E-state index contributed by atoms with van der Waals surface area (Å²) in [7, 11) is 0. The summed E-state index contributed by atoms with van der Waals surface area (Å²) in [6.45, 7) is 7.40. The van der Waals surface area contributed by atoms with Crippen molar-refractivity contribution in [3.8, 4) is 11.3 Å². The van der Waals surface area contributed by atoms with Gasteiger partial charge >= 0.3 is 0 Å². The molecule has 2 aromatic heterocycles. The fourth-order valence-electron chi connectivity index (χ4n) is 2.98. The number of halogens is 1. The molecule has 140 valence electrons. The minimum Gasteiger partial charge on any atom is -0.348 e. The Morgan fingerprint density at radius 2 is 2.04 bits per heavy atom. The molecule has 6 heteroatoms. The van der Waals surface area contributed by atoms with E-state index < -0.39 is 0 Å². The summed E-state index contributed by atoms with van der Waals surface area (Å²) in [6, 6.07) is 9.47. The first-order valence-corrected chi connectivity index (χ1v) is 10.1. The molecule has 3 aromatic rings. The van der Waals surface area contributed by atoms with Gasteiger partial charge in [-0.05, 0) is 50.1 Å². The molecule has 0 saturated heterocycles. The zero-order valence-corrected chi connectivity index (χ0v) is 17.2. The van der Waals surface area contributed by atoms with E-state index in [-0.39, 0.29) is 5.91 Å². The van der Waals surface area contributed by atoms with Gasteiger partial charge in [0.05, 0.1) is 5.69 Å². The molecule has 1 amide bonds. The first-order valence-electron chi connectivity index (χ1n) is 8.85. The molecule has 27 heavy (non-hydrogen) atoms. The molecule has 0 aliphatic rings. The standard InChI is InChI=1S/C21H22ClN3OS/c1-4-11-25-14(2)12-18(15(25)3)19-13-27-21(23-19)24-20(26)10-7-16-5-8-17(22)9-6-16/h5-10,12-13H,4,11H2,1-3H3,(H,23,24,26). The molecule has 0 unspecified atom stereocenters. The summed E-state index contributed by atoms with van der Waals surface area (Å²) in [6.07, 6.45) is 4.34. The van der Waals surface area contributed by atoms with Gasteiger partial charge in [0, 0.05) is 40.0 Å². The second-order valence-corrected chi connectivity index (χ2v) is 7.64. The normalized spacial score (nSPS) is 11.3.